The maximum Gasteiger partial charge on any atom is 0.337 e. The Labute approximate surface area is 163 Å². The Bertz CT molecular complexity index is 972. The van der Waals surface area contributed by atoms with Crippen LogP contribution in [-0.4, -0.2) is 55.0 Å². The fourth-order valence-corrected chi connectivity index (χ4v) is 5.35. The number of aromatic carboxylic acids is 1. The van der Waals surface area contributed by atoms with Gasteiger partial charge in [0.1, 0.15) is 12.3 Å². The van der Waals surface area contributed by atoms with E-state index in [0.717, 1.165) is 12.8 Å². The molecule has 0 amide bonds. The second-order valence-corrected chi connectivity index (χ2v) is 8.72. The van der Waals surface area contributed by atoms with Crippen molar-refractivity contribution in [3.63, 3.8) is 0 Å². The van der Waals surface area contributed by atoms with Crippen LogP contribution in [0.5, 0.6) is 5.88 Å². The van der Waals surface area contributed by atoms with Crippen LogP contribution < -0.4 is 9.04 Å². The van der Waals surface area contributed by atoms with Crippen LogP contribution in [0.3, 0.4) is 0 Å². The molecule has 0 atom stereocenters. The van der Waals surface area contributed by atoms with Crippen LogP contribution in [-0.2, 0) is 10.2 Å². The molecule has 148 valence electrons. The minimum absolute atomic E-state index is 0.0766. The van der Waals surface area contributed by atoms with E-state index < -0.39 is 16.2 Å². The van der Waals surface area contributed by atoms with E-state index in [-0.39, 0.29) is 30.3 Å². The zero-order valence-corrected chi connectivity index (χ0v) is 16.0. The van der Waals surface area contributed by atoms with Gasteiger partial charge in [-0.3, -0.25) is 0 Å². The Kier molecular flexibility index (Phi) is 4.94. The molecular formula is C19H21N3O5S. The minimum atomic E-state index is -3.79. The van der Waals surface area contributed by atoms with Gasteiger partial charge in [0.15, 0.2) is 0 Å². The molecule has 8 nitrogen and oxygen atoms in total. The number of hydrogen-bond donors (Lipinski definition) is 1. The Morgan fingerprint density at radius 1 is 1.14 bits per heavy atom. The van der Waals surface area contributed by atoms with Gasteiger partial charge in [-0.1, -0.05) is 30.3 Å². The van der Waals surface area contributed by atoms with E-state index in [0.29, 0.717) is 19.0 Å². The number of carbonyl (C=O) groups is 1. The summed E-state index contributed by atoms with van der Waals surface area (Å²) in [6, 6.07) is 11.4. The first-order valence-electron chi connectivity index (χ1n) is 9.15. The molecule has 0 unspecified atom stereocenters. The minimum Gasteiger partial charge on any atom is -0.478 e. The molecule has 1 aromatic heterocycles. The quantitative estimate of drug-likeness (QED) is 0.839. The number of rotatable bonds is 4. The number of benzene rings is 1. The number of fused-ring (bicyclic) bond motifs is 1. The molecule has 1 fully saturated rings. The summed E-state index contributed by atoms with van der Waals surface area (Å²) in [4.78, 5) is 15.2. The van der Waals surface area contributed by atoms with E-state index in [1.807, 2.05) is 18.2 Å². The van der Waals surface area contributed by atoms with E-state index in [9.17, 15) is 18.3 Å². The maximum absolute atomic E-state index is 13.2. The molecule has 0 radical (unpaired) electrons. The van der Waals surface area contributed by atoms with Crippen molar-refractivity contribution >= 4 is 21.9 Å². The summed E-state index contributed by atoms with van der Waals surface area (Å²) in [5, 5.41) is 9.20. The fourth-order valence-electron chi connectivity index (χ4n) is 3.72. The van der Waals surface area contributed by atoms with Crippen LogP contribution >= 0.6 is 0 Å². The zero-order chi connectivity index (χ0) is 19.7. The molecule has 3 heterocycles. The number of hydrogen-bond acceptors (Lipinski definition) is 5. The first-order chi connectivity index (χ1) is 13.5. The molecule has 0 aliphatic carbocycles. The molecule has 2 aromatic rings. The standard InChI is InChI=1S/C19H21N3O5S/c23-19(24)16-12-17-18(20-13-16)27-11-10-22(17)28(25,26)21-8-6-15(7-9-21)14-4-2-1-3-5-14/h1-5,12-13,15H,6-11H2,(H,23,24). The highest BCUT2D eigenvalue weighted by Gasteiger charge is 2.37. The summed E-state index contributed by atoms with van der Waals surface area (Å²) in [6.07, 6.45) is 2.66. The summed E-state index contributed by atoms with van der Waals surface area (Å²) in [6.45, 7) is 1.13. The number of aromatic nitrogens is 1. The molecule has 2 aliphatic heterocycles. The first kappa shape index (κ1) is 18.7. The van der Waals surface area contributed by atoms with Gasteiger partial charge in [0.05, 0.1) is 12.1 Å². The first-order valence-corrected chi connectivity index (χ1v) is 10.6. The lowest BCUT2D eigenvalue weighted by Crippen LogP contribution is -2.49. The highest BCUT2D eigenvalue weighted by atomic mass is 32.2. The molecule has 0 spiro atoms. The van der Waals surface area contributed by atoms with Crippen molar-refractivity contribution in [3.05, 3.63) is 53.7 Å². The monoisotopic (exact) mass is 403 g/mol. The van der Waals surface area contributed by atoms with Crippen LogP contribution in [0.25, 0.3) is 0 Å². The molecule has 1 aromatic carbocycles. The SMILES string of the molecule is O=C(O)c1cnc2c(c1)N(S(=O)(=O)N1CCC(c3ccccc3)CC1)CCO2. The predicted octanol–water partition coefficient (Wildman–Crippen LogP) is 2.10. The van der Waals surface area contributed by atoms with Gasteiger partial charge in [0, 0.05) is 19.3 Å². The summed E-state index contributed by atoms with van der Waals surface area (Å²) in [5.41, 5.74) is 1.33. The van der Waals surface area contributed by atoms with Gasteiger partial charge in [-0.25, -0.2) is 14.1 Å². The van der Waals surface area contributed by atoms with Gasteiger partial charge in [0.25, 0.3) is 0 Å². The molecule has 4 rings (SSSR count). The molecule has 1 saturated heterocycles. The Hall–Kier alpha value is -2.65. The maximum atomic E-state index is 13.2. The average molecular weight is 403 g/mol. The summed E-state index contributed by atoms with van der Waals surface area (Å²) >= 11 is 0. The third-order valence-electron chi connectivity index (χ3n) is 5.21. The van der Waals surface area contributed by atoms with E-state index in [4.69, 9.17) is 4.74 Å². The van der Waals surface area contributed by atoms with Crippen molar-refractivity contribution < 1.29 is 23.1 Å². The number of anilines is 1. The predicted molar refractivity (Wildman–Crippen MR) is 103 cm³/mol. The van der Waals surface area contributed by atoms with Crippen LogP contribution in [0.15, 0.2) is 42.6 Å². The summed E-state index contributed by atoms with van der Waals surface area (Å²) in [5.74, 6) is -0.689. The molecular weight excluding hydrogens is 382 g/mol. The molecule has 1 N–H and O–H groups in total. The van der Waals surface area contributed by atoms with Crippen molar-refractivity contribution in [1.82, 2.24) is 9.29 Å². The number of nitrogens with zero attached hydrogens (tertiary/aromatic N) is 3. The lowest BCUT2D eigenvalue weighted by molar-refractivity contribution is 0.0696. The number of carboxylic acids is 1. The van der Waals surface area contributed by atoms with Crippen LogP contribution in [0.4, 0.5) is 5.69 Å². The van der Waals surface area contributed by atoms with Gasteiger partial charge in [-0.15, -0.1) is 0 Å². The fraction of sp³-hybridized carbons (Fsp3) is 0.368. The van der Waals surface area contributed by atoms with Gasteiger partial charge < -0.3 is 9.84 Å². The normalized spacial score (nSPS) is 18.4. The lowest BCUT2D eigenvalue weighted by atomic mass is 9.90. The number of pyridine rings is 1. The van der Waals surface area contributed by atoms with Gasteiger partial charge in [-0.05, 0) is 30.4 Å². The third kappa shape index (κ3) is 3.43. The Morgan fingerprint density at radius 3 is 2.54 bits per heavy atom. The smallest absolute Gasteiger partial charge is 0.337 e. The van der Waals surface area contributed by atoms with Crippen LogP contribution in [0.1, 0.15) is 34.7 Å². The highest BCUT2D eigenvalue weighted by Crippen LogP contribution is 2.35. The van der Waals surface area contributed by atoms with E-state index in [1.54, 1.807) is 0 Å². The van der Waals surface area contributed by atoms with Crippen molar-refractivity contribution in [2.24, 2.45) is 0 Å². The topological polar surface area (TPSA) is 100 Å². The van der Waals surface area contributed by atoms with Crippen molar-refractivity contribution in [2.75, 3.05) is 30.5 Å². The third-order valence-corrected chi connectivity index (χ3v) is 7.16. The van der Waals surface area contributed by atoms with Gasteiger partial charge >= 0.3 is 16.2 Å². The van der Waals surface area contributed by atoms with Crippen molar-refractivity contribution in [2.45, 2.75) is 18.8 Å². The molecule has 0 saturated carbocycles. The largest absolute Gasteiger partial charge is 0.478 e. The summed E-state index contributed by atoms with van der Waals surface area (Å²) < 4.78 is 34.6. The highest BCUT2D eigenvalue weighted by molar-refractivity contribution is 7.90. The Morgan fingerprint density at radius 2 is 1.86 bits per heavy atom. The Balaban J connectivity index is 1.55. The molecule has 28 heavy (non-hydrogen) atoms. The average Bonchev–Trinajstić information content (AvgIpc) is 2.73. The van der Waals surface area contributed by atoms with E-state index >= 15 is 0 Å². The van der Waals surface area contributed by atoms with Crippen LogP contribution in [0, 0.1) is 0 Å². The van der Waals surface area contributed by atoms with Crippen LogP contribution in [0.2, 0.25) is 0 Å². The number of carboxylic acid groups (broad SMARTS) is 1. The number of ether oxygens (including phenoxy) is 1. The lowest BCUT2D eigenvalue weighted by Gasteiger charge is -2.37. The second-order valence-electron chi connectivity index (χ2n) is 6.87. The van der Waals surface area contributed by atoms with Crippen molar-refractivity contribution in [3.8, 4) is 5.88 Å². The molecule has 9 heteroatoms. The van der Waals surface area contributed by atoms with Crippen molar-refractivity contribution in [1.29, 1.82) is 0 Å². The van der Waals surface area contributed by atoms with E-state index in [2.05, 4.69) is 17.1 Å². The van der Waals surface area contributed by atoms with Gasteiger partial charge in [0.2, 0.25) is 5.88 Å². The summed E-state index contributed by atoms with van der Waals surface area (Å²) in [7, 11) is -3.79. The molecule has 0 bridgehead atoms. The molecule has 2 aliphatic rings. The zero-order valence-electron chi connectivity index (χ0n) is 15.2. The van der Waals surface area contributed by atoms with Gasteiger partial charge in [-0.2, -0.15) is 12.7 Å². The van der Waals surface area contributed by atoms with E-state index in [1.165, 1.54) is 26.4 Å². The number of piperidine rings is 1. The second kappa shape index (κ2) is 7.40.